The van der Waals surface area contributed by atoms with Crippen molar-refractivity contribution in [1.29, 1.82) is 0 Å². The van der Waals surface area contributed by atoms with E-state index in [0.29, 0.717) is 29.5 Å². The highest BCUT2D eigenvalue weighted by molar-refractivity contribution is 7.89. The van der Waals surface area contributed by atoms with Crippen LogP contribution < -0.4 is 19.5 Å². The van der Waals surface area contributed by atoms with Gasteiger partial charge in [0.1, 0.15) is 5.75 Å². The third-order valence-corrected chi connectivity index (χ3v) is 6.03. The Morgan fingerprint density at radius 3 is 2.68 bits per heavy atom. The second-order valence-electron chi connectivity index (χ2n) is 5.90. The summed E-state index contributed by atoms with van der Waals surface area (Å²) in [6, 6.07) is 9.10. The van der Waals surface area contributed by atoms with Crippen LogP contribution in [-0.4, -0.2) is 45.6 Å². The standard InChI is InChI=1S/C18H19ClN2O6S/c1-3-25-15-7-5-13(9-14(15)19)28(23,24)21(2)10-18(22)20-12-4-6-16-17(8-12)27-11-26-16/h4-9H,3,10-11H2,1-2H3,(H,20,22). The SMILES string of the molecule is CCOc1ccc(S(=O)(=O)N(C)CC(=O)Nc2ccc3c(c2)OCO3)cc1Cl. The minimum absolute atomic E-state index is 0.0284. The van der Waals surface area contributed by atoms with Gasteiger partial charge in [0, 0.05) is 18.8 Å². The highest BCUT2D eigenvalue weighted by atomic mass is 35.5. The van der Waals surface area contributed by atoms with Crippen LogP contribution >= 0.6 is 11.6 Å². The molecule has 1 amide bonds. The van der Waals surface area contributed by atoms with Crippen LogP contribution in [-0.2, 0) is 14.8 Å². The van der Waals surface area contributed by atoms with E-state index in [9.17, 15) is 13.2 Å². The zero-order valence-electron chi connectivity index (χ0n) is 15.3. The molecule has 2 aromatic carbocycles. The Morgan fingerprint density at radius 1 is 1.21 bits per heavy atom. The van der Waals surface area contributed by atoms with E-state index in [-0.39, 0.29) is 23.3 Å². The molecule has 0 bridgehead atoms. The maximum atomic E-state index is 12.7. The van der Waals surface area contributed by atoms with Crippen LogP contribution in [0.15, 0.2) is 41.3 Å². The Labute approximate surface area is 168 Å². The van der Waals surface area contributed by atoms with Gasteiger partial charge in [-0.15, -0.1) is 0 Å². The van der Waals surface area contributed by atoms with E-state index in [1.807, 2.05) is 0 Å². The van der Waals surface area contributed by atoms with E-state index in [0.717, 1.165) is 4.31 Å². The van der Waals surface area contributed by atoms with Crippen LogP contribution in [0.3, 0.4) is 0 Å². The number of ether oxygens (including phenoxy) is 3. The summed E-state index contributed by atoms with van der Waals surface area (Å²) in [4.78, 5) is 12.2. The molecule has 1 heterocycles. The molecule has 0 unspecified atom stereocenters. The van der Waals surface area contributed by atoms with E-state index >= 15 is 0 Å². The number of amides is 1. The minimum atomic E-state index is -3.90. The summed E-state index contributed by atoms with van der Waals surface area (Å²) in [5.41, 5.74) is 0.476. The number of sulfonamides is 1. The van der Waals surface area contributed by atoms with Crippen molar-refractivity contribution in [2.45, 2.75) is 11.8 Å². The first-order valence-corrected chi connectivity index (χ1v) is 10.2. The summed E-state index contributed by atoms with van der Waals surface area (Å²) >= 11 is 6.07. The van der Waals surface area contributed by atoms with Crippen LogP contribution in [0, 0.1) is 0 Å². The van der Waals surface area contributed by atoms with Crippen molar-refractivity contribution in [1.82, 2.24) is 4.31 Å². The van der Waals surface area contributed by atoms with Crippen molar-refractivity contribution < 1.29 is 27.4 Å². The molecule has 0 aliphatic carbocycles. The molecule has 0 fully saturated rings. The summed E-state index contributed by atoms with van der Waals surface area (Å²) in [5.74, 6) is 1.00. The Balaban J connectivity index is 1.68. The van der Waals surface area contributed by atoms with Gasteiger partial charge in [0.2, 0.25) is 22.7 Å². The third-order valence-electron chi connectivity index (χ3n) is 3.93. The predicted molar refractivity (Wildman–Crippen MR) is 104 cm³/mol. The number of carbonyl (C=O) groups is 1. The number of anilines is 1. The Bertz CT molecular complexity index is 996. The fourth-order valence-electron chi connectivity index (χ4n) is 2.56. The van der Waals surface area contributed by atoms with E-state index in [2.05, 4.69) is 5.32 Å². The second kappa shape index (κ2) is 8.26. The van der Waals surface area contributed by atoms with Crippen LogP contribution in [0.5, 0.6) is 17.2 Å². The Morgan fingerprint density at radius 2 is 1.96 bits per heavy atom. The lowest BCUT2D eigenvalue weighted by Gasteiger charge is -2.17. The van der Waals surface area contributed by atoms with Gasteiger partial charge >= 0.3 is 0 Å². The minimum Gasteiger partial charge on any atom is -0.492 e. The zero-order chi connectivity index (χ0) is 20.3. The van der Waals surface area contributed by atoms with Gasteiger partial charge < -0.3 is 19.5 Å². The maximum absolute atomic E-state index is 12.7. The van der Waals surface area contributed by atoms with Crippen molar-refractivity contribution in [2.75, 3.05) is 32.3 Å². The van der Waals surface area contributed by atoms with E-state index in [1.165, 1.54) is 25.2 Å². The number of nitrogens with zero attached hydrogens (tertiary/aromatic N) is 1. The topological polar surface area (TPSA) is 94.2 Å². The fourth-order valence-corrected chi connectivity index (χ4v) is 4.01. The predicted octanol–water partition coefficient (Wildman–Crippen LogP) is 2.73. The third kappa shape index (κ3) is 4.32. The van der Waals surface area contributed by atoms with Gasteiger partial charge in [-0.2, -0.15) is 4.31 Å². The van der Waals surface area contributed by atoms with Gasteiger partial charge in [0.25, 0.3) is 0 Å². The molecule has 0 radical (unpaired) electrons. The monoisotopic (exact) mass is 426 g/mol. The number of carbonyl (C=O) groups excluding carboxylic acids is 1. The summed E-state index contributed by atoms with van der Waals surface area (Å²) < 4.78 is 42.1. The summed E-state index contributed by atoms with van der Waals surface area (Å²) in [5, 5.41) is 2.82. The van der Waals surface area contributed by atoms with E-state index in [1.54, 1.807) is 25.1 Å². The lowest BCUT2D eigenvalue weighted by molar-refractivity contribution is -0.116. The normalized spacial score (nSPS) is 12.9. The number of nitrogens with one attached hydrogen (secondary N) is 1. The second-order valence-corrected chi connectivity index (χ2v) is 8.35. The number of fused-ring (bicyclic) bond motifs is 1. The number of hydrogen-bond acceptors (Lipinski definition) is 6. The van der Waals surface area contributed by atoms with Crippen molar-refractivity contribution >= 4 is 33.2 Å². The highest BCUT2D eigenvalue weighted by Crippen LogP contribution is 2.34. The molecule has 0 saturated heterocycles. The molecule has 150 valence electrons. The molecule has 3 rings (SSSR count). The molecule has 1 aliphatic rings. The fraction of sp³-hybridized carbons (Fsp3) is 0.278. The first kappa shape index (κ1) is 20.2. The molecule has 0 saturated carbocycles. The molecular formula is C18H19ClN2O6S. The highest BCUT2D eigenvalue weighted by Gasteiger charge is 2.24. The van der Waals surface area contributed by atoms with E-state index in [4.69, 9.17) is 25.8 Å². The van der Waals surface area contributed by atoms with Crippen LogP contribution in [0.1, 0.15) is 6.92 Å². The zero-order valence-corrected chi connectivity index (χ0v) is 16.8. The molecular weight excluding hydrogens is 408 g/mol. The number of rotatable bonds is 7. The molecule has 1 aliphatic heterocycles. The first-order valence-electron chi connectivity index (χ1n) is 8.39. The van der Waals surface area contributed by atoms with Gasteiger partial charge in [0.05, 0.1) is 23.1 Å². The molecule has 28 heavy (non-hydrogen) atoms. The van der Waals surface area contributed by atoms with Crippen LogP contribution in [0.4, 0.5) is 5.69 Å². The molecule has 8 nitrogen and oxygen atoms in total. The first-order chi connectivity index (χ1) is 13.3. The average Bonchev–Trinajstić information content (AvgIpc) is 3.11. The number of likely N-dealkylation sites (N-methyl/N-ethyl adjacent to an activating group) is 1. The van der Waals surface area contributed by atoms with Gasteiger partial charge in [-0.3, -0.25) is 4.79 Å². The van der Waals surface area contributed by atoms with Gasteiger partial charge in [0.15, 0.2) is 11.5 Å². The average molecular weight is 427 g/mol. The largest absolute Gasteiger partial charge is 0.492 e. The number of benzene rings is 2. The molecule has 10 heteroatoms. The summed E-state index contributed by atoms with van der Waals surface area (Å²) in [7, 11) is -2.58. The van der Waals surface area contributed by atoms with Gasteiger partial charge in [-0.1, -0.05) is 11.6 Å². The van der Waals surface area contributed by atoms with Crippen molar-refractivity contribution in [3.05, 3.63) is 41.4 Å². The Kier molecular flexibility index (Phi) is 5.97. The summed E-state index contributed by atoms with van der Waals surface area (Å²) in [6.07, 6.45) is 0. The molecule has 0 spiro atoms. The van der Waals surface area contributed by atoms with Crippen molar-refractivity contribution in [3.8, 4) is 17.2 Å². The van der Waals surface area contributed by atoms with Crippen LogP contribution in [0.2, 0.25) is 5.02 Å². The molecule has 0 aromatic heterocycles. The van der Waals surface area contributed by atoms with Crippen LogP contribution in [0.25, 0.3) is 0 Å². The smallest absolute Gasteiger partial charge is 0.243 e. The van der Waals surface area contributed by atoms with Crippen molar-refractivity contribution in [3.63, 3.8) is 0 Å². The summed E-state index contributed by atoms with van der Waals surface area (Å²) in [6.45, 7) is 1.96. The Hall–Kier alpha value is -2.49. The quantitative estimate of drug-likeness (QED) is 0.731. The number of halogens is 1. The van der Waals surface area contributed by atoms with Crippen molar-refractivity contribution in [2.24, 2.45) is 0 Å². The van der Waals surface area contributed by atoms with E-state index < -0.39 is 15.9 Å². The lowest BCUT2D eigenvalue weighted by Crippen LogP contribution is -2.35. The maximum Gasteiger partial charge on any atom is 0.243 e. The van der Waals surface area contributed by atoms with Gasteiger partial charge in [-0.25, -0.2) is 8.42 Å². The molecule has 2 aromatic rings. The van der Waals surface area contributed by atoms with Gasteiger partial charge in [-0.05, 0) is 37.3 Å². The lowest BCUT2D eigenvalue weighted by atomic mass is 10.3. The molecule has 0 atom stereocenters. The molecule has 1 N–H and O–H groups in total. The number of hydrogen-bond donors (Lipinski definition) is 1.